The monoisotopic (exact) mass is 453 g/mol. The summed E-state index contributed by atoms with van der Waals surface area (Å²) in [6, 6.07) is 0. The van der Waals surface area contributed by atoms with Crippen LogP contribution in [0.15, 0.2) is 0 Å². The molecule has 3 nitrogen and oxygen atoms in total. The van der Waals surface area contributed by atoms with Crippen molar-refractivity contribution in [2.24, 2.45) is 0 Å². The number of carbonyl (C=O) groups is 1. The molecule has 0 saturated heterocycles. The van der Waals surface area contributed by atoms with Crippen molar-refractivity contribution >= 4 is 5.97 Å². The number of rotatable bonds is 26. The van der Waals surface area contributed by atoms with Gasteiger partial charge >= 0.3 is 5.97 Å². The fourth-order valence-corrected chi connectivity index (χ4v) is 4.48. The van der Waals surface area contributed by atoms with Crippen molar-refractivity contribution in [3.05, 3.63) is 0 Å². The van der Waals surface area contributed by atoms with Gasteiger partial charge in [0, 0.05) is 20.5 Å². The van der Waals surface area contributed by atoms with Crippen LogP contribution in [0, 0.1) is 0 Å². The molecule has 0 aliphatic heterocycles. The van der Waals surface area contributed by atoms with Crippen molar-refractivity contribution in [2.75, 3.05) is 14.1 Å². The molecular weight excluding hydrogens is 394 g/mol. The minimum Gasteiger partial charge on any atom is -0.369 e. The van der Waals surface area contributed by atoms with Gasteiger partial charge in [-0.2, -0.15) is 0 Å². The van der Waals surface area contributed by atoms with Gasteiger partial charge in [-0.15, -0.1) is 5.06 Å². The van der Waals surface area contributed by atoms with Crippen molar-refractivity contribution in [1.82, 2.24) is 5.06 Å². The third-order valence-electron chi connectivity index (χ3n) is 6.52. The van der Waals surface area contributed by atoms with Gasteiger partial charge in [0.05, 0.1) is 0 Å². The molecule has 3 heteroatoms. The van der Waals surface area contributed by atoms with E-state index < -0.39 is 0 Å². The number of unbranched alkanes of at least 4 members (excludes halogenated alkanes) is 23. The first-order valence-corrected chi connectivity index (χ1v) is 14.5. The SMILES string of the molecule is CCCCCCCCCCCCCCCCCCCCCCCCCCC(=O)ON(C)C. The third-order valence-corrected chi connectivity index (χ3v) is 6.52. The van der Waals surface area contributed by atoms with E-state index in [9.17, 15) is 4.79 Å². The Morgan fingerprint density at radius 2 is 0.719 bits per heavy atom. The average Bonchev–Trinajstić information content (AvgIpc) is 2.76. The Labute approximate surface area is 202 Å². The Morgan fingerprint density at radius 3 is 0.969 bits per heavy atom. The predicted octanol–water partition coefficient (Wildman–Crippen LogP) is 9.78. The van der Waals surface area contributed by atoms with E-state index in [-0.39, 0.29) is 5.97 Å². The van der Waals surface area contributed by atoms with Crippen LogP contribution >= 0.6 is 0 Å². The average molecular weight is 454 g/mol. The molecule has 0 bridgehead atoms. The fourth-order valence-electron chi connectivity index (χ4n) is 4.48. The summed E-state index contributed by atoms with van der Waals surface area (Å²) >= 11 is 0. The molecule has 0 heterocycles. The van der Waals surface area contributed by atoms with Crippen LogP contribution in [0.3, 0.4) is 0 Å². The zero-order chi connectivity index (χ0) is 23.5. The van der Waals surface area contributed by atoms with Gasteiger partial charge < -0.3 is 4.84 Å². The summed E-state index contributed by atoms with van der Waals surface area (Å²) in [5.41, 5.74) is 0. The Bertz CT molecular complexity index is 370. The lowest BCUT2D eigenvalue weighted by atomic mass is 10.0. The molecule has 0 radical (unpaired) electrons. The summed E-state index contributed by atoms with van der Waals surface area (Å²) < 4.78 is 0. The predicted molar refractivity (Wildman–Crippen MR) is 141 cm³/mol. The molecule has 0 aromatic rings. The van der Waals surface area contributed by atoms with E-state index in [2.05, 4.69) is 6.92 Å². The molecule has 0 fully saturated rings. The lowest BCUT2D eigenvalue weighted by Crippen LogP contribution is -2.18. The molecule has 192 valence electrons. The second-order valence-electron chi connectivity index (χ2n) is 10.2. The van der Waals surface area contributed by atoms with Crippen LogP contribution in [0.5, 0.6) is 0 Å². The topological polar surface area (TPSA) is 29.5 Å². The Balaban J connectivity index is 3.06. The van der Waals surface area contributed by atoms with Gasteiger partial charge in [-0.1, -0.05) is 155 Å². The van der Waals surface area contributed by atoms with Crippen molar-refractivity contribution in [1.29, 1.82) is 0 Å². The molecule has 0 unspecified atom stereocenters. The fraction of sp³-hybridized carbons (Fsp3) is 0.966. The zero-order valence-electron chi connectivity index (χ0n) is 22.4. The van der Waals surface area contributed by atoms with Crippen LogP contribution in [0.25, 0.3) is 0 Å². The van der Waals surface area contributed by atoms with Gasteiger partial charge in [0.25, 0.3) is 0 Å². The van der Waals surface area contributed by atoms with Crippen molar-refractivity contribution in [2.45, 2.75) is 167 Å². The highest BCUT2D eigenvalue weighted by Crippen LogP contribution is 2.15. The highest BCUT2D eigenvalue weighted by atomic mass is 16.7. The largest absolute Gasteiger partial charge is 0.369 e. The summed E-state index contributed by atoms with van der Waals surface area (Å²) in [7, 11) is 3.50. The molecule has 32 heavy (non-hydrogen) atoms. The van der Waals surface area contributed by atoms with Crippen molar-refractivity contribution < 1.29 is 9.63 Å². The lowest BCUT2D eigenvalue weighted by Gasteiger charge is -2.09. The normalized spacial score (nSPS) is 11.4. The molecule has 0 aromatic heterocycles. The quantitative estimate of drug-likeness (QED) is 0.0963. The molecular formula is C29H59NO2. The van der Waals surface area contributed by atoms with Crippen LogP contribution in [0.1, 0.15) is 167 Å². The lowest BCUT2D eigenvalue weighted by molar-refractivity contribution is -0.178. The van der Waals surface area contributed by atoms with Gasteiger partial charge in [-0.3, -0.25) is 4.79 Å². The van der Waals surface area contributed by atoms with Crippen LogP contribution in [0.2, 0.25) is 0 Å². The summed E-state index contributed by atoms with van der Waals surface area (Å²) in [5, 5.41) is 1.47. The van der Waals surface area contributed by atoms with E-state index in [1.165, 1.54) is 146 Å². The summed E-state index contributed by atoms with van der Waals surface area (Å²) in [5.74, 6) is -0.103. The minimum atomic E-state index is -0.103. The molecule has 0 aliphatic carbocycles. The zero-order valence-corrected chi connectivity index (χ0v) is 22.4. The van der Waals surface area contributed by atoms with E-state index in [4.69, 9.17) is 4.84 Å². The van der Waals surface area contributed by atoms with Gasteiger partial charge in [-0.05, 0) is 6.42 Å². The second kappa shape index (κ2) is 26.7. The number of hydrogen-bond acceptors (Lipinski definition) is 3. The molecule has 0 aromatic carbocycles. The van der Waals surface area contributed by atoms with Gasteiger partial charge in [0.2, 0.25) is 0 Å². The molecule has 0 rings (SSSR count). The summed E-state index contributed by atoms with van der Waals surface area (Å²) in [6.07, 6.45) is 34.1. The number of hydrogen-bond donors (Lipinski definition) is 0. The van der Waals surface area contributed by atoms with E-state index in [1.807, 2.05) is 0 Å². The van der Waals surface area contributed by atoms with Crippen LogP contribution in [-0.2, 0) is 9.63 Å². The maximum atomic E-state index is 11.4. The first-order chi connectivity index (χ1) is 15.7. The number of hydroxylamine groups is 2. The number of carbonyl (C=O) groups excluding carboxylic acids is 1. The van der Waals surface area contributed by atoms with Gasteiger partial charge in [0.15, 0.2) is 0 Å². The highest BCUT2D eigenvalue weighted by molar-refractivity contribution is 5.68. The van der Waals surface area contributed by atoms with E-state index in [0.29, 0.717) is 6.42 Å². The molecule has 0 spiro atoms. The maximum Gasteiger partial charge on any atom is 0.325 e. The third kappa shape index (κ3) is 27.5. The van der Waals surface area contributed by atoms with Gasteiger partial charge in [0.1, 0.15) is 0 Å². The summed E-state index contributed by atoms with van der Waals surface area (Å²) in [6.45, 7) is 2.30. The Hall–Kier alpha value is -0.570. The first-order valence-electron chi connectivity index (χ1n) is 14.5. The molecule has 0 N–H and O–H groups in total. The van der Waals surface area contributed by atoms with Crippen molar-refractivity contribution in [3.63, 3.8) is 0 Å². The molecule has 0 amide bonds. The molecule has 0 aliphatic rings. The Morgan fingerprint density at radius 1 is 0.469 bits per heavy atom. The van der Waals surface area contributed by atoms with Crippen LogP contribution in [-0.4, -0.2) is 25.1 Å². The van der Waals surface area contributed by atoms with Crippen LogP contribution in [0.4, 0.5) is 0 Å². The minimum absolute atomic E-state index is 0.103. The van der Waals surface area contributed by atoms with Crippen molar-refractivity contribution in [3.8, 4) is 0 Å². The molecule has 0 atom stereocenters. The van der Waals surface area contributed by atoms with E-state index in [0.717, 1.165) is 12.8 Å². The standard InChI is InChI=1S/C29H59NO2/c1-4-5-6-7-8-9-10-11-12-13-14-15-16-17-18-19-20-21-22-23-24-25-26-27-28-29(31)32-30(2)3/h4-28H2,1-3H3. The maximum absolute atomic E-state index is 11.4. The smallest absolute Gasteiger partial charge is 0.325 e. The highest BCUT2D eigenvalue weighted by Gasteiger charge is 2.03. The Kier molecular flexibility index (Phi) is 26.2. The summed E-state index contributed by atoms with van der Waals surface area (Å²) in [4.78, 5) is 16.4. The number of nitrogens with zero attached hydrogens (tertiary/aromatic N) is 1. The van der Waals surface area contributed by atoms with E-state index in [1.54, 1.807) is 14.1 Å². The molecule has 0 saturated carbocycles. The van der Waals surface area contributed by atoms with E-state index >= 15 is 0 Å². The second-order valence-corrected chi connectivity index (χ2v) is 10.2. The van der Waals surface area contributed by atoms with Crippen LogP contribution < -0.4 is 0 Å². The first kappa shape index (κ1) is 31.4. The van der Waals surface area contributed by atoms with Gasteiger partial charge in [-0.25, -0.2) is 0 Å².